The number of methoxy groups -OCH3 is 2. The quantitative estimate of drug-likeness (QED) is 0.911. The van der Waals surface area contributed by atoms with Gasteiger partial charge >= 0.3 is 0 Å². The second-order valence-electron chi connectivity index (χ2n) is 5.55. The van der Waals surface area contributed by atoms with Gasteiger partial charge in [-0.3, -0.25) is 0 Å². The topological polar surface area (TPSA) is 38.7 Å². The van der Waals surface area contributed by atoms with Gasteiger partial charge in [0.2, 0.25) is 0 Å². The maximum Gasteiger partial charge on any atom is 0.128 e. The molecule has 106 valence electrons. The van der Waals surface area contributed by atoms with Crippen LogP contribution in [0, 0.1) is 13.8 Å². The van der Waals surface area contributed by atoms with Gasteiger partial charge in [-0.05, 0) is 50.7 Å². The van der Waals surface area contributed by atoms with Crippen LogP contribution in [0.2, 0.25) is 0 Å². The molecule has 19 heavy (non-hydrogen) atoms. The van der Waals surface area contributed by atoms with Crippen LogP contribution in [0.5, 0.6) is 5.75 Å². The molecule has 0 saturated heterocycles. The summed E-state index contributed by atoms with van der Waals surface area (Å²) in [6, 6.07) is 4.07. The minimum atomic E-state index is -0.779. The highest BCUT2D eigenvalue weighted by atomic mass is 16.5. The Hall–Kier alpha value is -1.06. The van der Waals surface area contributed by atoms with E-state index in [0.717, 1.165) is 42.6 Å². The lowest BCUT2D eigenvalue weighted by Gasteiger charge is -2.37. The van der Waals surface area contributed by atoms with Crippen LogP contribution in [0.3, 0.4) is 0 Å². The van der Waals surface area contributed by atoms with Crippen molar-refractivity contribution in [1.29, 1.82) is 0 Å². The zero-order chi connectivity index (χ0) is 14.0. The monoisotopic (exact) mass is 264 g/mol. The highest BCUT2D eigenvalue weighted by Crippen LogP contribution is 2.43. The minimum absolute atomic E-state index is 0.276. The third-order valence-corrected chi connectivity index (χ3v) is 4.48. The van der Waals surface area contributed by atoms with Gasteiger partial charge in [0.25, 0.3) is 0 Å². The van der Waals surface area contributed by atoms with Gasteiger partial charge in [-0.2, -0.15) is 0 Å². The molecule has 0 radical (unpaired) electrons. The van der Waals surface area contributed by atoms with Crippen molar-refractivity contribution in [3.05, 3.63) is 28.8 Å². The van der Waals surface area contributed by atoms with Crippen molar-refractivity contribution < 1.29 is 14.6 Å². The maximum atomic E-state index is 10.9. The molecule has 1 aliphatic rings. The third kappa shape index (κ3) is 2.63. The van der Waals surface area contributed by atoms with Crippen LogP contribution in [0.25, 0.3) is 0 Å². The maximum absolute atomic E-state index is 10.9. The zero-order valence-corrected chi connectivity index (χ0v) is 12.3. The number of rotatable bonds is 3. The summed E-state index contributed by atoms with van der Waals surface area (Å²) in [5.74, 6) is 0.832. The number of ether oxygens (including phenoxy) is 2. The molecule has 1 saturated carbocycles. The molecule has 1 N–H and O–H groups in total. The predicted octanol–water partition coefficient (Wildman–Crippen LogP) is 3.09. The first-order valence-corrected chi connectivity index (χ1v) is 6.91. The van der Waals surface area contributed by atoms with Crippen LogP contribution in [0.15, 0.2) is 12.1 Å². The molecule has 2 rings (SSSR count). The fourth-order valence-electron chi connectivity index (χ4n) is 2.99. The van der Waals surface area contributed by atoms with E-state index in [-0.39, 0.29) is 6.10 Å². The Balaban J connectivity index is 2.34. The van der Waals surface area contributed by atoms with Crippen LogP contribution < -0.4 is 4.74 Å². The number of hydrogen-bond acceptors (Lipinski definition) is 3. The van der Waals surface area contributed by atoms with Crippen LogP contribution in [0.4, 0.5) is 0 Å². The van der Waals surface area contributed by atoms with Crippen molar-refractivity contribution in [2.45, 2.75) is 51.2 Å². The summed E-state index contributed by atoms with van der Waals surface area (Å²) in [6.45, 7) is 4.11. The first kappa shape index (κ1) is 14.4. The largest absolute Gasteiger partial charge is 0.496 e. The average Bonchev–Trinajstić information content (AvgIpc) is 2.42. The third-order valence-electron chi connectivity index (χ3n) is 4.48. The molecule has 1 aliphatic carbocycles. The number of aryl methyl sites for hydroxylation is 1. The molecule has 1 fully saturated rings. The molecule has 1 aromatic rings. The van der Waals surface area contributed by atoms with E-state index in [9.17, 15) is 5.11 Å². The van der Waals surface area contributed by atoms with Crippen molar-refractivity contribution in [1.82, 2.24) is 0 Å². The van der Waals surface area contributed by atoms with Gasteiger partial charge in [-0.15, -0.1) is 0 Å². The molecule has 0 atom stereocenters. The fourth-order valence-corrected chi connectivity index (χ4v) is 2.99. The van der Waals surface area contributed by atoms with E-state index in [1.165, 1.54) is 5.56 Å². The summed E-state index contributed by atoms with van der Waals surface area (Å²) >= 11 is 0. The Morgan fingerprint density at radius 3 is 2.32 bits per heavy atom. The zero-order valence-electron chi connectivity index (χ0n) is 12.3. The van der Waals surface area contributed by atoms with E-state index in [1.54, 1.807) is 14.2 Å². The second-order valence-corrected chi connectivity index (χ2v) is 5.55. The molecule has 3 nitrogen and oxygen atoms in total. The average molecular weight is 264 g/mol. The summed E-state index contributed by atoms with van der Waals surface area (Å²) in [5, 5.41) is 10.9. The number of aliphatic hydroxyl groups is 1. The lowest BCUT2D eigenvalue weighted by atomic mass is 9.77. The van der Waals surface area contributed by atoms with Gasteiger partial charge in [0, 0.05) is 12.7 Å². The Morgan fingerprint density at radius 1 is 1.16 bits per heavy atom. The highest BCUT2D eigenvalue weighted by Gasteiger charge is 2.37. The van der Waals surface area contributed by atoms with Crippen LogP contribution >= 0.6 is 0 Å². The van der Waals surface area contributed by atoms with Crippen LogP contribution in [-0.4, -0.2) is 25.4 Å². The second kappa shape index (κ2) is 5.51. The van der Waals surface area contributed by atoms with Crippen molar-refractivity contribution >= 4 is 0 Å². The normalized spacial score (nSPS) is 27.3. The van der Waals surface area contributed by atoms with Crippen LogP contribution in [-0.2, 0) is 10.3 Å². The molecule has 0 bridgehead atoms. The Morgan fingerprint density at radius 2 is 1.79 bits per heavy atom. The van der Waals surface area contributed by atoms with Crippen LogP contribution in [0.1, 0.15) is 42.4 Å². The Labute approximate surface area is 115 Å². The molecule has 3 heteroatoms. The van der Waals surface area contributed by atoms with Crippen molar-refractivity contribution in [3.8, 4) is 5.75 Å². The Bertz CT molecular complexity index is 446. The fraction of sp³-hybridized carbons (Fsp3) is 0.625. The predicted molar refractivity (Wildman–Crippen MR) is 75.6 cm³/mol. The van der Waals surface area contributed by atoms with Gasteiger partial charge in [0.15, 0.2) is 0 Å². The van der Waals surface area contributed by atoms with Gasteiger partial charge in [0.05, 0.1) is 18.8 Å². The first-order valence-electron chi connectivity index (χ1n) is 6.91. The van der Waals surface area contributed by atoms with E-state index in [4.69, 9.17) is 9.47 Å². The van der Waals surface area contributed by atoms with Gasteiger partial charge < -0.3 is 14.6 Å². The molecule has 0 unspecified atom stereocenters. The lowest BCUT2D eigenvalue weighted by Crippen LogP contribution is -2.34. The molecule has 0 amide bonds. The smallest absolute Gasteiger partial charge is 0.128 e. The highest BCUT2D eigenvalue weighted by molar-refractivity contribution is 5.48. The van der Waals surface area contributed by atoms with Gasteiger partial charge in [-0.1, -0.05) is 12.1 Å². The molecule has 0 aliphatic heterocycles. The number of hydrogen-bond donors (Lipinski definition) is 1. The van der Waals surface area contributed by atoms with Gasteiger partial charge in [0.1, 0.15) is 5.75 Å². The molecule has 0 aromatic heterocycles. The van der Waals surface area contributed by atoms with Crippen molar-refractivity contribution in [2.24, 2.45) is 0 Å². The standard InChI is InChI=1S/C16H24O3/c1-11-5-6-14(15(19-4)12(11)2)16(17)9-7-13(18-3)8-10-16/h5-6,13,17H,7-10H2,1-4H3. The summed E-state index contributed by atoms with van der Waals surface area (Å²) < 4.78 is 10.9. The molecule has 0 heterocycles. The first-order chi connectivity index (χ1) is 9.01. The summed E-state index contributed by atoms with van der Waals surface area (Å²) in [5.41, 5.74) is 2.45. The molecular formula is C16H24O3. The summed E-state index contributed by atoms with van der Waals surface area (Å²) in [6.07, 6.45) is 3.51. The Kier molecular flexibility index (Phi) is 4.16. The van der Waals surface area contributed by atoms with Gasteiger partial charge in [-0.25, -0.2) is 0 Å². The van der Waals surface area contributed by atoms with E-state index in [1.807, 2.05) is 13.0 Å². The molecule has 1 aromatic carbocycles. The van der Waals surface area contributed by atoms with E-state index < -0.39 is 5.60 Å². The lowest BCUT2D eigenvalue weighted by molar-refractivity contribution is -0.0486. The van der Waals surface area contributed by atoms with E-state index in [0.29, 0.717) is 0 Å². The van der Waals surface area contributed by atoms with E-state index >= 15 is 0 Å². The van der Waals surface area contributed by atoms with Crippen molar-refractivity contribution in [2.75, 3.05) is 14.2 Å². The number of benzene rings is 1. The van der Waals surface area contributed by atoms with Crippen molar-refractivity contribution in [3.63, 3.8) is 0 Å². The minimum Gasteiger partial charge on any atom is -0.496 e. The molecular weight excluding hydrogens is 240 g/mol. The van der Waals surface area contributed by atoms with E-state index in [2.05, 4.69) is 13.0 Å². The summed E-state index contributed by atoms with van der Waals surface area (Å²) in [4.78, 5) is 0. The molecule has 0 spiro atoms. The summed E-state index contributed by atoms with van der Waals surface area (Å²) in [7, 11) is 3.42. The SMILES string of the molecule is COc1c(C2(O)CCC(OC)CC2)ccc(C)c1C.